The first-order valence-corrected chi connectivity index (χ1v) is 9.62. The van der Waals surface area contributed by atoms with Crippen molar-refractivity contribution in [3.63, 3.8) is 0 Å². The Bertz CT molecular complexity index is 702. The summed E-state index contributed by atoms with van der Waals surface area (Å²) in [5, 5.41) is 0. The van der Waals surface area contributed by atoms with Crippen LogP contribution in [-0.2, 0) is 19.0 Å². The highest BCUT2D eigenvalue weighted by Gasteiger charge is 2.08. The van der Waals surface area contributed by atoms with Gasteiger partial charge in [-0.05, 0) is 24.3 Å². The van der Waals surface area contributed by atoms with E-state index < -0.39 is 5.97 Å². The number of ether oxygens (including phenoxy) is 5. The molecule has 2 aromatic carbocycles. The summed E-state index contributed by atoms with van der Waals surface area (Å²) >= 11 is 0. The SMILES string of the molecule is C=C(CCOCCOc1ccccc1)C(=O)OCCOCCOc1ccccc1. The van der Waals surface area contributed by atoms with E-state index in [1.165, 1.54) is 0 Å². The van der Waals surface area contributed by atoms with Gasteiger partial charge in [-0.1, -0.05) is 43.0 Å². The van der Waals surface area contributed by atoms with Gasteiger partial charge in [0.2, 0.25) is 0 Å². The maximum Gasteiger partial charge on any atom is 0.333 e. The third kappa shape index (κ3) is 10.3. The van der Waals surface area contributed by atoms with Crippen LogP contribution in [0.5, 0.6) is 11.5 Å². The van der Waals surface area contributed by atoms with E-state index >= 15 is 0 Å². The van der Waals surface area contributed by atoms with Gasteiger partial charge in [0.15, 0.2) is 0 Å². The van der Waals surface area contributed by atoms with Crippen molar-refractivity contribution in [2.75, 3.05) is 46.2 Å². The molecule has 0 heterocycles. The predicted octanol–water partition coefficient (Wildman–Crippen LogP) is 3.67. The molecule has 0 aliphatic carbocycles. The second kappa shape index (κ2) is 14.2. The van der Waals surface area contributed by atoms with E-state index in [0.717, 1.165) is 11.5 Å². The van der Waals surface area contributed by atoms with Gasteiger partial charge >= 0.3 is 5.97 Å². The highest BCUT2D eigenvalue weighted by Crippen LogP contribution is 2.08. The maximum atomic E-state index is 11.8. The third-order valence-electron chi connectivity index (χ3n) is 3.78. The molecule has 0 bridgehead atoms. The molecular weight excluding hydrogens is 372 g/mol. The molecule has 2 aromatic rings. The standard InChI is InChI=1S/C23H28O6/c1-20(12-13-25-14-17-27-21-8-4-2-5-9-21)23(24)29-19-16-26-15-18-28-22-10-6-3-7-11-22/h2-11H,1,12-19H2. The van der Waals surface area contributed by atoms with Gasteiger partial charge in [-0.2, -0.15) is 0 Å². The van der Waals surface area contributed by atoms with Crippen LogP contribution in [0.2, 0.25) is 0 Å². The van der Waals surface area contributed by atoms with Crippen LogP contribution >= 0.6 is 0 Å². The Morgan fingerprint density at radius 2 is 1.14 bits per heavy atom. The topological polar surface area (TPSA) is 63.2 Å². The summed E-state index contributed by atoms with van der Waals surface area (Å²) in [5.74, 6) is 1.17. The van der Waals surface area contributed by atoms with Crippen molar-refractivity contribution in [3.8, 4) is 11.5 Å². The Morgan fingerprint density at radius 1 is 0.655 bits per heavy atom. The fraction of sp³-hybridized carbons (Fsp3) is 0.348. The fourth-order valence-electron chi connectivity index (χ4n) is 2.27. The van der Waals surface area contributed by atoms with Crippen LogP contribution in [0.3, 0.4) is 0 Å². The molecular formula is C23H28O6. The zero-order valence-electron chi connectivity index (χ0n) is 16.6. The fourth-order valence-corrected chi connectivity index (χ4v) is 2.27. The van der Waals surface area contributed by atoms with Crippen LogP contribution in [0.15, 0.2) is 72.8 Å². The summed E-state index contributed by atoms with van der Waals surface area (Å²) in [6.07, 6.45) is 0.413. The Labute approximate surface area is 172 Å². The van der Waals surface area contributed by atoms with Crippen molar-refractivity contribution >= 4 is 5.97 Å². The predicted molar refractivity (Wildman–Crippen MR) is 110 cm³/mol. The van der Waals surface area contributed by atoms with Crippen molar-refractivity contribution in [1.29, 1.82) is 0 Å². The van der Waals surface area contributed by atoms with Gasteiger partial charge in [0.1, 0.15) is 31.3 Å². The molecule has 0 aliphatic heterocycles. The van der Waals surface area contributed by atoms with Crippen molar-refractivity contribution in [2.45, 2.75) is 6.42 Å². The summed E-state index contributed by atoms with van der Waals surface area (Å²) in [5.41, 5.74) is 0.376. The van der Waals surface area contributed by atoms with Gasteiger partial charge in [0, 0.05) is 12.0 Å². The number of carbonyl (C=O) groups is 1. The van der Waals surface area contributed by atoms with E-state index in [0.29, 0.717) is 51.6 Å². The van der Waals surface area contributed by atoms with E-state index in [-0.39, 0.29) is 6.61 Å². The molecule has 0 atom stereocenters. The van der Waals surface area contributed by atoms with E-state index in [1.54, 1.807) is 0 Å². The molecule has 0 aliphatic rings. The smallest absolute Gasteiger partial charge is 0.333 e. The van der Waals surface area contributed by atoms with Gasteiger partial charge in [0.25, 0.3) is 0 Å². The van der Waals surface area contributed by atoms with Crippen molar-refractivity contribution in [2.24, 2.45) is 0 Å². The van der Waals surface area contributed by atoms with Gasteiger partial charge in [0.05, 0.1) is 26.4 Å². The van der Waals surface area contributed by atoms with Crippen LogP contribution in [0.1, 0.15) is 6.42 Å². The molecule has 0 spiro atoms. The molecule has 0 saturated carbocycles. The number of benzene rings is 2. The zero-order chi connectivity index (χ0) is 20.6. The molecule has 0 fully saturated rings. The molecule has 0 radical (unpaired) electrons. The Balaban J connectivity index is 1.40. The number of rotatable bonds is 15. The minimum atomic E-state index is -0.432. The number of hydrogen-bond acceptors (Lipinski definition) is 6. The number of carbonyl (C=O) groups excluding carboxylic acids is 1. The summed E-state index contributed by atoms with van der Waals surface area (Å²) in [4.78, 5) is 11.8. The summed E-state index contributed by atoms with van der Waals surface area (Å²) in [6.45, 7) is 6.36. The lowest BCUT2D eigenvalue weighted by Crippen LogP contribution is -2.15. The molecule has 0 unspecified atom stereocenters. The molecule has 0 amide bonds. The molecule has 0 N–H and O–H groups in total. The number of hydrogen-bond donors (Lipinski definition) is 0. The molecule has 0 saturated heterocycles. The summed E-state index contributed by atoms with van der Waals surface area (Å²) in [7, 11) is 0. The minimum absolute atomic E-state index is 0.176. The third-order valence-corrected chi connectivity index (χ3v) is 3.78. The molecule has 29 heavy (non-hydrogen) atoms. The quantitative estimate of drug-likeness (QED) is 0.258. The lowest BCUT2D eigenvalue weighted by atomic mass is 10.2. The van der Waals surface area contributed by atoms with Crippen molar-refractivity contribution in [3.05, 3.63) is 72.8 Å². The minimum Gasteiger partial charge on any atom is -0.491 e. The molecule has 2 rings (SSSR count). The molecule has 6 heteroatoms. The molecule has 0 aromatic heterocycles. The average Bonchev–Trinajstić information content (AvgIpc) is 2.76. The lowest BCUT2D eigenvalue weighted by Gasteiger charge is -2.09. The second-order valence-electron chi connectivity index (χ2n) is 6.04. The van der Waals surface area contributed by atoms with Gasteiger partial charge < -0.3 is 23.7 Å². The highest BCUT2D eigenvalue weighted by atomic mass is 16.6. The summed E-state index contributed by atoms with van der Waals surface area (Å²) < 4.78 is 27.0. The van der Waals surface area contributed by atoms with Gasteiger partial charge in [-0.15, -0.1) is 0 Å². The van der Waals surface area contributed by atoms with E-state index in [1.807, 2.05) is 60.7 Å². The second-order valence-corrected chi connectivity index (χ2v) is 6.04. The van der Waals surface area contributed by atoms with Gasteiger partial charge in [-0.25, -0.2) is 4.79 Å². The van der Waals surface area contributed by atoms with E-state index in [9.17, 15) is 4.79 Å². The monoisotopic (exact) mass is 400 g/mol. The Morgan fingerprint density at radius 3 is 1.69 bits per heavy atom. The van der Waals surface area contributed by atoms with Gasteiger partial charge in [-0.3, -0.25) is 0 Å². The zero-order valence-corrected chi connectivity index (χ0v) is 16.6. The first-order valence-electron chi connectivity index (χ1n) is 9.62. The number of para-hydroxylation sites is 2. The number of esters is 1. The first kappa shape index (κ1) is 22.5. The van der Waals surface area contributed by atoms with Crippen LogP contribution < -0.4 is 9.47 Å². The maximum absolute atomic E-state index is 11.8. The largest absolute Gasteiger partial charge is 0.491 e. The summed E-state index contributed by atoms with van der Waals surface area (Å²) in [6, 6.07) is 19.0. The van der Waals surface area contributed by atoms with Crippen molar-refractivity contribution in [1.82, 2.24) is 0 Å². The average molecular weight is 400 g/mol. The van der Waals surface area contributed by atoms with Crippen LogP contribution in [-0.4, -0.2) is 52.2 Å². The van der Waals surface area contributed by atoms with E-state index in [4.69, 9.17) is 23.7 Å². The van der Waals surface area contributed by atoms with Crippen LogP contribution in [0.25, 0.3) is 0 Å². The molecule has 6 nitrogen and oxygen atoms in total. The van der Waals surface area contributed by atoms with E-state index in [2.05, 4.69) is 6.58 Å². The first-order chi connectivity index (χ1) is 14.3. The Hall–Kier alpha value is -2.83. The normalized spacial score (nSPS) is 10.3. The van der Waals surface area contributed by atoms with Crippen LogP contribution in [0, 0.1) is 0 Å². The van der Waals surface area contributed by atoms with Crippen molar-refractivity contribution < 1.29 is 28.5 Å². The molecule has 156 valence electrons. The van der Waals surface area contributed by atoms with Crippen LogP contribution in [0.4, 0.5) is 0 Å². The Kier molecular flexibility index (Phi) is 11.0. The lowest BCUT2D eigenvalue weighted by molar-refractivity contribution is -0.140. The highest BCUT2D eigenvalue weighted by molar-refractivity contribution is 5.87.